The molecular weight excluding hydrogens is 267 g/mol. The number of nitrogens with one attached hydrogen (secondary N) is 2. The Kier molecular flexibility index (Phi) is 6.41. The fourth-order valence-electron chi connectivity index (χ4n) is 1.66. The van der Waals surface area contributed by atoms with E-state index in [4.69, 9.17) is 0 Å². The van der Waals surface area contributed by atoms with E-state index in [1.165, 1.54) is 12.1 Å². The van der Waals surface area contributed by atoms with Gasteiger partial charge in [0, 0.05) is 12.6 Å². The summed E-state index contributed by atoms with van der Waals surface area (Å²) >= 11 is 0. The molecule has 1 aromatic rings. The van der Waals surface area contributed by atoms with Gasteiger partial charge >= 0.3 is 0 Å². The normalized spacial score (nSPS) is 12.0. The Labute approximate surface area is 114 Å². The monoisotopic (exact) mass is 288 g/mol. The molecule has 0 aliphatic carbocycles. The molecule has 0 aliphatic rings. The van der Waals surface area contributed by atoms with Crippen molar-refractivity contribution in [3.8, 4) is 0 Å². The smallest absolute Gasteiger partial charge is 0.207 e. The molecule has 0 radical (unpaired) electrons. The highest BCUT2D eigenvalue weighted by molar-refractivity contribution is 7.87. The average Bonchev–Trinajstić information content (AvgIpc) is 2.29. The molecule has 2 N–H and O–H groups in total. The third-order valence-electron chi connectivity index (χ3n) is 2.49. The quantitative estimate of drug-likeness (QED) is 0.719. The molecule has 1 aromatic carbocycles. The fourth-order valence-corrected chi connectivity index (χ4v) is 2.78. The largest absolute Gasteiger partial charge is 0.277 e. The Morgan fingerprint density at radius 3 is 2.37 bits per heavy atom. The fraction of sp³-hybridized carbons (Fsp3) is 0.538. The lowest BCUT2D eigenvalue weighted by Gasteiger charge is -2.10. The first-order valence-electron chi connectivity index (χ1n) is 6.40. The molecule has 4 nitrogen and oxygen atoms in total. The minimum absolute atomic E-state index is 0.114. The summed E-state index contributed by atoms with van der Waals surface area (Å²) in [6.45, 7) is 3.95. The second-order valence-corrected chi connectivity index (χ2v) is 6.29. The maximum Gasteiger partial charge on any atom is 0.277 e. The third kappa shape index (κ3) is 7.25. The van der Waals surface area contributed by atoms with Gasteiger partial charge in [0.15, 0.2) is 0 Å². The number of unbranched alkanes of at least 4 members (excludes halogenated alkanes) is 1. The third-order valence-corrected chi connectivity index (χ3v) is 3.85. The Balaban J connectivity index is 2.19. The zero-order valence-electron chi connectivity index (χ0n) is 11.3. The van der Waals surface area contributed by atoms with E-state index in [1.807, 2.05) is 0 Å². The molecule has 108 valence electrons. The van der Waals surface area contributed by atoms with Crippen molar-refractivity contribution in [2.45, 2.75) is 39.2 Å². The van der Waals surface area contributed by atoms with Gasteiger partial charge < -0.3 is 0 Å². The summed E-state index contributed by atoms with van der Waals surface area (Å²) in [6.07, 6.45) is 2.42. The Morgan fingerprint density at radius 2 is 1.79 bits per heavy atom. The Bertz CT molecular complexity index is 472. The first kappa shape index (κ1) is 16.1. The van der Waals surface area contributed by atoms with Gasteiger partial charge in [0.05, 0.1) is 0 Å². The molecule has 0 heterocycles. The first-order chi connectivity index (χ1) is 8.89. The van der Waals surface area contributed by atoms with Crippen LogP contribution in [-0.4, -0.2) is 21.0 Å². The Hall–Kier alpha value is -0.980. The summed E-state index contributed by atoms with van der Waals surface area (Å²) in [5.41, 5.74) is 1.06. The second kappa shape index (κ2) is 7.57. The lowest BCUT2D eigenvalue weighted by molar-refractivity contribution is 0.551. The summed E-state index contributed by atoms with van der Waals surface area (Å²) in [6, 6.07) is 6.26. The highest BCUT2D eigenvalue weighted by atomic mass is 32.2. The SMILES string of the molecule is CC(C)NS(=O)(=O)NCCCCc1ccc(F)cc1. The molecule has 6 heteroatoms. The van der Waals surface area contributed by atoms with Crippen LogP contribution in [0.5, 0.6) is 0 Å². The predicted octanol–water partition coefficient (Wildman–Crippen LogP) is 1.98. The number of benzene rings is 1. The lowest BCUT2D eigenvalue weighted by atomic mass is 10.1. The molecular formula is C13H21FN2O2S. The van der Waals surface area contributed by atoms with Gasteiger partial charge in [0.25, 0.3) is 10.2 Å². The predicted molar refractivity (Wildman–Crippen MR) is 74.5 cm³/mol. The molecule has 1 rings (SSSR count). The zero-order chi connectivity index (χ0) is 14.3. The van der Waals surface area contributed by atoms with E-state index < -0.39 is 10.2 Å². The van der Waals surface area contributed by atoms with Crippen molar-refractivity contribution in [3.63, 3.8) is 0 Å². The zero-order valence-corrected chi connectivity index (χ0v) is 12.1. The van der Waals surface area contributed by atoms with Crippen LogP contribution < -0.4 is 9.44 Å². The summed E-state index contributed by atoms with van der Waals surface area (Å²) in [5.74, 6) is -0.240. The molecule has 0 bridgehead atoms. The van der Waals surface area contributed by atoms with Crippen LogP contribution in [0.3, 0.4) is 0 Å². The van der Waals surface area contributed by atoms with Crippen molar-refractivity contribution < 1.29 is 12.8 Å². The molecule has 0 amide bonds. The van der Waals surface area contributed by atoms with Crippen molar-refractivity contribution in [1.82, 2.24) is 9.44 Å². The molecule has 19 heavy (non-hydrogen) atoms. The topological polar surface area (TPSA) is 58.2 Å². The van der Waals surface area contributed by atoms with Gasteiger partial charge in [-0.05, 0) is 50.8 Å². The van der Waals surface area contributed by atoms with Gasteiger partial charge in [-0.25, -0.2) is 9.11 Å². The molecule has 0 aromatic heterocycles. The van der Waals surface area contributed by atoms with E-state index in [0.717, 1.165) is 24.8 Å². The molecule has 0 aliphatic heterocycles. The highest BCUT2D eigenvalue weighted by Gasteiger charge is 2.09. The minimum atomic E-state index is -3.38. The summed E-state index contributed by atoms with van der Waals surface area (Å²) in [5, 5.41) is 0. The van der Waals surface area contributed by atoms with Crippen LogP contribution >= 0.6 is 0 Å². The molecule has 0 unspecified atom stereocenters. The van der Waals surface area contributed by atoms with Crippen LogP contribution in [0.15, 0.2) is 24.3 Å². The minimum Gasteiger partial charge on any atom is -0.207 e. The molecule has 0 saturated carbocycles. The maximum atomic E-state index is 12.7. The van der Waals surface area contributed by atoms with Crippen LogP contribution in [0.4, 0.5) is 4.39 Å². The average molecular weight is 288 g/mol. The van der Waals surface area contributed by atoms with E-state index in [9.17, 15) is 12.8 Å². The van der Waals surface area contributed by atoms with Crippen molar-refractivity contribution in [3.05, 3.63) is 35.6 Å². The molecule has 0 atom stereocenters. The van der Waals surface area contributed by atoms with E-state index in [1.54, 1.807) is 26.0 Å². The summed E-state index contributed by atoms with van der Waals surface area (Å²) < 4.78 is 40.5. The van der Waals surface area contributed by atoms with Gasteiger partial charge in [0.1, 0.15) is 5.82 Å². The van der Waals surface area contributed by atoms with Crippen molar-refractivity contribution >= 4 is 10.2 Å². The number of hydrogen-bond donors (Lipinski definition) is 2. The number of aryl methyl sites for hydroxylation is 1. The van der Waals surface area contributed by atoms with Gasteiger partial charge in [-0.2, -0.15) is 13.1 Å². The van der Waals surface area contributed by atoms with E-state index in [2.05, 4.69) is 9.44 Å². The van der Waals surface area contributed by atoms with Crippen LogP contribution in [0, 0.1) is 5.82 Å². The number of halogens is 1. The van der Waals surface area contributed by atoms with Crippen LogP contribution in [0.2, 0.25) is 0 Å². The van der Waals surface area contributed by atoms with E-state index in [0.29, 0.717) is 6.54 Å². The van der Waals surface area contributed by atoms with Crippen molar-refractivity contribution in [2.75, 3.05) is 6.54 Å². The van der Waals surface area contributed by atoms with Gasteiger partial charge in [0.2, 0.25) is 0 Å². The van der Waals surface area contributed by atoms with Crippen LogP contribution in [0.25, 0.3) is 0 Å². The standard InChI is InChI=1S/C13H21FN2O2S/c1-11(2)16-19(17,18)15-10-4-3-5-12-6-8-13(14)9-7-12/h6-9,11,15-16H,3-5,10H2,1-2H3. The van der Waals surface area contributed by atoms with E-state index >= 15 is 0 Å². The first-order valence-corrected chi connectivity index (χ1v) is 7.89. The summed E-state index contributed by atoms with van der Waals surface area (Å²) in [4.78, 5) is 0. The number of rotatable bonds is 8. The molecule has 0 fully saturated rings. The second-order valence-electron chi connectivity index (χ2n) is 4.75. The van der Waals surface area contributed by atoms with Crippen LogP contribution in [0.1, 0.15) is 32.3 Å². The maximum absolute atomic E-state index is 12.7. The van der Waals surface area contributed by atoms with Crippen molar-refractivity contribution in [2.24, 2.45) is 0 Å². The van der Waals surface area contributed by atoms with Gasteiger partial charge in [-0.3, -0.25) is 0 Å². The highest BCUT2D eigenvalue weighted by Crippen LogP contribution is 2.06. The van der Waals surface area contributed by atoms with Crippen molar-refractivity contribution in [1.29, 1.82) is 0 Å². The lowest BCUT2D eigenvalue weighted by Crippen LogP contribution is -2.40. The van der Waals surface area contributed by atoms with Gasteiger partial charge in [-0.1, -0.05) is 12.1 Å². The van der Waals surface area contributed by atoms with E-state index in [-0.39, 0.29) is 11.9 Å². The number of hydrogen-bond acceptors (Lipinski definition) is 2. The molecule has 0 saturated heterocycles. The van der Waals surface area contributed by atoms with Crippen LogP contribution in [-0.2, 0) is 16.6 Å². The Morgan fingerprint density at radius 1 is 1.16 bits per heavy atom. The summed E-state index contributed by atoms with van der Waals surface area (Å²) in [7, 11) is -3.38. The van der Waals surface area contributed by atoms with Gasteiger partial charge in [-0.15, -0.1) is 0 Å². The molecule has 0 spiro atoms.